The SMILES string of the molecule is C#CCSC1=NC(=CN(C)C)C(=O)N1. The molecular weight excluding hydrogens is 198 g/mol. The Balaban J connectivity index is 2.68. The predicted octanol–water partition coefficient (Wildman–Crippen LogP) is 0.242. The van der Waals surface area contributed by atoms with Crippen molar-refractivity contribution in [2.24, 2.45) is 4.99 Å². The lowest BCUT2D eigenvalue weighted by Gasteiger charge is -2.02. The first-order chi connectivity index (χ1) is 6.63. The smallest absolute Gasteiger partial charge is 0.277 e. The van der Waals surface area contributed by atoms with E-state index >= 15 is 0 Å². The van der Waals surface area contributed by atoms with Crippen molar-refractivity contribution in [2.45, 2.75) is 0 Å². The highest BCUT2D eigenvalue weighted by molar-refractivity contribution is 8.14. The summed E-state index contributed by atoms with van der Waals surface area (Å²) in [6.07, 6.45) is 6.76. The number of amidine groups is 1. The fraction of sp³-hybridized carbons (Fsp3) is 0.333. The molecule has 0 bridgehead atoms. The summed E-state index contributed by atoms with van der Waals surface area (Å²) in [7, 11) is 3.67. The molecular formula is C9H11N3OS. The second kappa shape index (κ2) is 4.72. The van der Waals surface area contributed by atoms with Crippen molar-refractivity contribution in [3.8, 4) is 12.3 Å². The Morgan fingerprint density at radius 3 is 3.00 bits per heavy atom. The van der Waals surface area contributed by atoms with Gasteiger partial charge in [0.2, 0.25) is 0 Å². The lowest BCUT2D eigenvalue weighted by molar-refractivity contribution is -0.115. The van der Waals surface area contributed by atoms with Gasteiger partial charge in [0.25, 0.3) is 5.91 Å². The molecule has 5 heteroatoms. The van der Waals surface area contributed by atoms with Crippen LogP contribution in [0.3, 0.4) is 0 Å². The molecule has 1 aliphatic heterocycles. The first-order valence-corrected chi connectivity index (χ1v) is 4.96. The fourth-order valence-corrected chi connectivity index (χ4v) is 1.41. The molecule has 1 aliphatic rings. The Bertz CT molecular complexity index is 338. The average Bonchev–Trinajstić information content (AvgIpc) is 2.43. The highest BCUT2D eigenvalue weighted by atomic mass is 32.2. The minimum absolute atomic E-state index is 0.182. The van der Waals surface area contributed by atoms with Crippen LogP contribution in [-0.2, 0) is 4.79 Å². The van der Waals surface area contributed by atoms with Gasteiger partial charge < -0.3 is 4.90 Å². The molecule has 0 unspecified atom stereocenters. The third kappa shape index (κ3) is 2.82. The third-order valence-electron chi connectivity index (χ3n) is 1.35. The maximum Gasteiger partial charge on any atom is 0.277 e. The number of nitrogens with one attached hydrogen (secondary N) is 1. The van der Waals surface area contributed by atoms with E-state index in [-0.39, 0.29) is 5.91 Å². The molecule has 1 heterocycles. The van der Waals surface area contributed by atoms with Gasteiger partial charge in [0.15, 0.2) is 5.17 Å². The molecule has 0 saturated heterocycles. The van der Waals surface area contributed by atoms with Gasteiger partial charge in [-0.2, -0.15) is 0 Å². The van der Waals surface area contributed by atoms with Crippen molar-refractivity contribution in [2.75, 3.05) is 19.8 Å². The van der Waals surface area contributed by atoms with E-state index in [1.165, 1.54) is 11.8 Å². The number of terminal acetylenes is 1. The van der Waals surface area contributed by atoms with E-state index in [1.807, 2.05) is 14.1 Å². The number of carbonyl (C=O) groups excluding carboxylic acids is 1. The Morgan fingerprint density at radius 2 is 2.43 bits per heavy atom. The number of thioether (sulfide) groups is 1. The standard InChI is InChI=1S/C9H11N3OS/c1-4-5-14-9-10-7(6-12(2)3)8(13)11-9/h1,6H,5H2,2-3H3,(H,10,11,13). The van der Waals surface area contributed by atoms with E-state index in [9.17, 15) is 4.79 Å². The van der Waals surface area contributed by atoms with Crippen LogP contribution in [0.1, 0.15) is 0 Å². The van der Waals surface area contributed by atoms with Gasteiger partial charge in [0.1, 0.15) is 5.70 Å². The zero-order valence-electron chi connectivity index (χ0n) is 8.07. The Morgan fingerprint density at radius 1 is 1.71 bits per heavy atom. The van der Waals surface area contributed by atoms with Crippen molar-refractivity contribution < 1.29 is 4.79 Å². The second-order valence-corrected chi connectivity index (χ2v) is 3.81. The molecule has 0 aromatic carbocycles. The van der Waals surface area contributed by atoms with Crippen LogP contribution < -0.4 is 5.32 Å². The second-order valence-electron chi connectivity index (χ2n) is 2.84. The highest BCUT2D eigenvalue weighted by Crippen LogP contribution is 2.12. The van der Waals surface area contributed by atoms with Crippen LogP contribution in [-0.4, -0.2) is 35.8 Å². The summed E-state index contributed by atoms with van der Waals surface area (Å²) in [6, 6.07) is 0. The molecule has 1 amide bonds. The van der Waals surface area contributed by atoms with Gasteiger partial charge in [0.05, 0.1) is 5.75 Å². The molecule has 0 spiro atoms. The zero-order valence-corrected chi connectivity index (χ0v) is 8.89. The summed E-state index contributed by atoms with van der Waals surface area (Å²) in [4.78, 5) is 17.2. The van der Waals surface area contributed by atoms with Crippen LogP contribution in [0.4, 0.5) is 0 Å². The molecule has 0 aromatic rings. The number of rotatable bonds is 2. The van der Waals surface area contributed by atoms with Crippen LogP contribution in [0, 0.1) is 12.3 Å². The fourth-order valence-electron chi connectivity index (χ4n) is 0.860. The number of aliphatic imine (C=N–C) groups is 1. The molecule has 1 rings (SSSR count). The summed E-state index contributed by atoms with van der Waals surface area (Å²) in [5, 5.41) is 3.20. The molecule has 14 heavy (non-hydrogen) atoms. The van der Waals surface area contributed by atoms with E-state index in [2.05, 4.69) is 16.2 Å². The van der Waals surface area contributed by atoms with Gasteiger partial charge in [-0.25, -0.2) is 4.99 Å². The Labute approximate surface area is 87.5 Å². The Hall–Kier alpha value is -1.41. The first kappa shape index (κ1) is 10.7. The third-order valence-corrected chi connectivity index (χ3v) is 2.13. The minimum atomic E-state index is -0.182. The topological polar surface area (TPSA) is 44.7 Å². The summed E-state index contributed by atoms with van der Waals surface area (Å²) >= 11 is 1.34. The van der Waals surface area contributed by atoms with Gasteiger partial charge in [-0.15, -0.1) is 6.42 Å². The molecule has 0 atom stereocenters. The van der Waals surface area contributed by atoms with Gasteiger partial charge in [-0.1, -0.05) is 17.7 Å². The first-order valence-electron chi connectivity index (χ1n) is 3.98. The van der Waals surface area contributed by atoms with E-state index in [0.29, 0.717) is 16.6 Å². The van der Waals surface area contributed by atoms with Crippen molar-refractivity contribution in [1.29, 1.82) is 0 Å². The van der Waals surface area contributed by atoms with Gasteiger partial charge in [0, 0.05) is 20.3 Å². The average molecular weight is 209 g/mol. The van der Waals surface area contributed by atoms with Gasteiger partial charge in [-0.05, 0) is 0 Å². The predicted molar refractivity (Wildman–Crippen MR) is 58.6 cm³/mol. The largest absolute Gasteiger partial charge is 0.382 e. The number of nitrogens with zero attached hydrogens (tertiary/aromatic N) is 2. The van der Waals surface area contributed by atoms with Gasteiger partial charge >= 0.3 is 0 Å². The number of amides is 1. The van der Waals surface area contributed by atoms with Crippen LogP contribution in [0.5, 0.6) is 0 Å². The summed E-state index contributed by atoms with van der Waals surface area (Å²) in [6.45, 7) is 0. The van der Waals surface area contributed by atoms with Crippen LogP contribution >= 0.6 is 11.8 Å². The van der Waals surface area contributed by atoms with E-state index in [4.69, 9.17) is 6.42 Å². The van der Waals surface area contributed by atoms with Crippen LogP contribution in [0.2, 0.25) is 0 Å². The summed E-state index contributed by atoms with van der Waals surface area (Å²) in [5.74, 6) is 2.79. The molecule has 0 fully saturated rings. The molecule has 0 saturated carbocycles. The van der Waals surface area contributed by atoms with Crippen molar-refractivity contribution in [3.63, 3.8) is 0 Å². The summed E-state index contributed by atoms with van der Waals surface area (Å²) < 4.78 is 0. The minimum Gasteiger partial charge on any atom is -0.382 e. The molecule has 0 aliphatic carbocycles. The normalized spacial score (nSPS) is 17.6. The zero-order chi connectivity index (χ0) is 10.6. The number of carbonyl (C=O) groups is 1. The number of hydrogen-bond acceptors (Lipinski definition) is 4. The van der Waals surface area contributed by atoms with Crippen LogP contribution in [0.15, 0.2) is 16.9 Å². The molecule has 0 aromatic heterocycles. The molecule has 4 nitrogen and oxygen atoms in total. The number of hydrogen-bond donors (Lipinski definition) is 1. The van der Waals surface area contributed by atoms with E-state index in [1.54, 1.807) is 11.1 Å². The lowest BCUT2D eigenvalue weighted by Crippen LogP contribution is -2.22. The van der Waals surface area contributed by atoms with E-state index < -0.39 is 0 Å². The lowest BCUT2D eigenvalue weighted by atomic mass is 10.4. The van der Waals surface area contributed by atoms with E-state index in [0.717, 1.165) is 0 Å². The molecule has 1 N–H and O–H groups in total. The maximum atomic E-state index is 11.3. The van der Waals surface area contributed by atoms with Crippen LogP contribution in [0.25, 0.3) is 0 Å². The monoisotopic (exact) mass is 209 g/mol. The van der Waals surface area contributed by atoms with Crippen molar-refractivity contribution in [3.05, 3.63) is 11.9 Å². The highest BCUT2D eigenvalue weighted by Gasteiger charge is 2.19. The Kier molecular flexibility index (Phi) is 3.60. The van der Waals surface area contributed by atoms with Gasteiger partial charge in [-0.3, -0.25) is 10.1 Å². The molecule has 74 valence electrons. The summed E-state index contributed by atoms with van der Waals surface area (Å²) in [5.41, 5.74) is 0.412. The quantitative estimate of drug-likeness (QED) is 0.523. The molecule has 0 radical (unpaired) electrons. The van der Waals surface area contributed by atoms with Crippen molar-refractivity contribution >= 4 is 22.8 Å². The van der Waals surface area contributed by atoms with Crippen molar-refractivity contribution in [1.82, 2.24) is 10.2 Å². The maximum absolute atomic E-state index is 11.3.